The Morgan fingerprint density at radius 3 is 1.85 bits per heavy atom. The summed E-state index contributed by atoms with van der Waals surface area (Å²) in [7, 11) is 8.66. The number of nitrogens with zero attached hydrogens (tertiary/aromatic N) is 1. The van der Waals surface area contributed by atoms with Crippen LogP contribution in [0.15, 0.2) is 0 Å². The molecule has 0 fully saturated rings. The predicted molar refractivity (Wildman–Crippen MR) is 77.4 cm³/mol. The van der Waals surface area contributed by atoms with Crippen LogP contribution in [0.5, 0.6) is 23.0 Å². The maximum atomic E-state index is 5.61. The van der Waals surface area contributed by atoms with Crippen molar-refractivity contribution in [1.29, 1.82) is 0 Å². The van der Waals surface area contributed by atoms with E-state index >= 15 is 0 Å². The van der Waals surface area contributed by atoms with Crippen molar-refractivity contribution in [2.75, 3.05) is 42.0 Å². The zero-order chi connectivity index (χ0) is 14.9. The van der Waals surface area contributed by atoms with Crippen molar-refractivity contribution in [2.45, 2.75) is 19.4 Å². The lowest BCUT2D eigenvalue weighted by molar-refractivity contribution is 0.229. The number of methoxy groups -OCH3 is 4. The van der Waals surface area contributed by atoms with Crippen LogP contribution < -0.4 is 18.9 Å². The van der Waals surface area contributed by atoms with E-state index < -0.39 is 0 Å². The Labute approximate surface area is 120 Å². The Hall–Kier alpha value is -1.62. The predicted octanol–water partition coefficient (Wildman–Crippen LogP) is 2.27. The van der Waals surface area contributed by atoms with Crippen molar-refractivity contribution in [2.24, 2.45) is 0 Å². The minimum absolute atomic E-state index is 0.238. The number of ether oxygens (including phenoxy) is 4. The van der Waals surface area contributed by atoms with E-state index in [1.807, 2.05) is 0 Å². The second kappa shape index (κ2) is 5.79. The standard InChI is InChI=1S/C15H23NO4/c1-9-11-10(7-8-16(9)2)12(17-3)14(19-5)15(20-6)13(11)18-4/h9H,7-8H2,1-6H3/t9-/m0/s1. The lowest BCUT2D eigenvalue weighted by Gasteiger charge is -2.35. The summed E-state index contributed by atoms with van der Waals surface area (Å²) in [5, 5.41) is 0. The van der Waals surface area contributed by atoms with Crippen LogP contribution in [0.2, 0.25) is 0 Å². The SMILES string of the molecule is COc1c2c(c(OC)c(OC)c1OC)[C@H](C)N(C)CC2. The normalized spacial score (nSPS) is 18.4. The topological polar surface area (TPSA) is 40.2 Å². The van der Waals surface area contributed by atoms with E-state index in [-0.39, 0.29) is 6.04 Å². The lowest BCUT2D eigenvalue weighted by Crippen LogP contribution is -2.31. The third-order valence-corrected chi connectivity index (χ3v) is 4.07. The van der Waals surface area contributed by atoms with Gasteiger partial charge < -0.3 is 18.9 Å². The summed E-state index contributed by atoms with van der Waals surface area (Å²) in [6.45, 7) is 3.13. The zero-order valence-electron chi connectivity index (χ0n) is 13.1. The van der Waals surface area contributed by atoms with Gasteiger partial charge in [-0.3, -0.25) is 4.90 Å². The highest BCUT2D eigenvalue weighted by Crippen LogP contribution is 2.53. The Morgan fingerprint density at radius 1 is 0.850 bits per heavy atom. The van der Waals surface area contributed by atoms with Gasteiger partial charge in [-0.25, -0.2) is 0 Å². The van der Waals surface area contributed by atoms with Gasteiger partial charge in [0.05, 0.1) is 28.4 Å². The number of rotatable bonds is 4. The van der Waals surface area contributed by atoms with Gasteiger partial charge in [0.1, 0.15) is 0 Å². The fourth-order valence-electron chi connectivity index (χ4n) is 2.91. The quantitative estimate of drug-likeness (QED) is 0.846. The molecular formula is C15H23NO4. The molecule has 112 valence electrons. The van der Waals surface area contributed by atoms with E-state index in [0.29, 0.717) is 11.5 Å². The van der Waals surface area contributed by atoms with E-state index in [1.165, 1.54) is 0 Å². The number of fused-ring (bicyclic) bond motifs is 1. The molecule has 1 aliphatic rings. The molecule has 0 amide bonds. The molecular weight excluding hydrogens is 258 g/mol. The fourth-order valence-corrected chi connectivity index (χ4v) is 2.91. The number of likely N-dealkylation sites (N-methyl/N-ethyl adjacent to an activating group) is 1. The highest BCUT2D eigenvalue weighted by atomic mass is 16.5. The average Bonchev–Trinajstić information content (AvgIpc) is 2.48. The van der Waals surface area contributed by atoms with Crippen molar-refractivity contribution >= 4 is 0 Å². The van der Waals surface area contributed by atoms with Gasteiger partial charge in [0, 0.05) is 23.7 Å². The molecule has 5 nitrogen and oxygen atoms in total. The third-order valence-electron chi connectivity index (χ3n) is 4.07. The van der Waals surface area contributed by atoms with E-state index in [2.05, 4.69) is 18.9 Å². The van der Waals surface area contributed by atoms with Crippen molar-refractivity contribution in [3.05, 3.63) is 11.1 Å². The first-order valence-electron chi connectivity index (χ1n) is 6.69. The van der Waals surface area contributed by atoms with Gasteiger partial charge in [0.2, 0.25) is 11.5 Å². The summed E-state index contributed by atoms with van der Waals surface area (Å²) in [5.74, 6) is 2.68. The van der Waals surface area contributed by atoms with Gasteiger partial charge in [0.15, 0.2) is 11.5 Å². The van der Waals surface area contributed by atoms with E-state index in [4.69, 9.17) is 18.9 Å². The number of hydrogen-bond donors (Lipinski definition) is 0. The third kappa shape index (κ3) is 2.06. The minimum Gasteiger partial charge on any atom is -0.492 e. The maximum Gasteiger partial charge on any atom is 0.207 e. The number of benzene rings is 1. The zero-order valence-corrected chi connectivity index (χ0v) is 13.1. The molecule has 0 aromatic heterocycles. The second-order valence-electron chi connectivity index (χ2n) is 4.93. The van der Waals surface area contributed by atoms with Crippen LogP contribution in [0.4, 0.5) is 0 Å². The monoisotopic (exact) mass is 281 g/mol. The van der Waals surface area contributed by atoms with Gasteiger partial charge in [-0.2, -0.15) is 0 Å². The number of hydrogen-bond acceptors (Lipinski definition) is 5. The van der Waals surface area contributed by atoms with Crippen LogP contribution in [-0.4, -0.2) is 46.9 Å². The molecule has 0 radical (unpaired) electrons. The van der Waals surface area contributed by atoms with E-state index in [9.17, 15) is 0 Å². The van der Waals surface area contributed by atoms with E-state index in [0.717, 1.165) is 35.6 Å². The molecule has 5 heteroatoms. The largest absolute Gasteiger partial charge is 0.492 e. The molecule has 0 N–H and O–H groups in total. The molecule has 0 saturated carbocycles. The minimum atomic E-state index is 0.238. The molecule has 1 atom stereocenters. The van der Waals surface area contributed by atoms with Gasteiger partial charge in [-0.05, 0) is 20.4 Å². The average molecular weight is 281 g/mol. The first-order chi connectivity index (χ1) is 9.60. The molecule has 2 rings (SSSR count). The Morgan fingerprint density at radius 2 is 1.35 bits per heavy atom. The first-order valence-corrected chi connectivity index (χ1v) is 6.69. The molecule has 0 spiro atoms. The highest BCUT2D eigenvalue weighted by molar-refractivity contribution is 5.68. The van der Waals surface area contributed by atoms with Crippen molar-refractivity contribution in [3.63, 3.8) is 0 Å². The highest BCUT2D eigenvalue weighted by Gasteiger charge is 2.33. The van der Waals surface area contributed by atoms with Crippen LogP contribution in [0.1, 0.15) is 24.1 Å². The second-order valence-corrected chi connectivity index (χ2v) is 4.93. The van der Waals surface area contributed by atoms with Crippen LogP contribution in [-0.2, 0) is 6.42 Å². The summed E-state index contributed by atoms with van der Waals surface area (Å²) in [6, 6.07) is 0.238. The maximum absolute atomic E-state index is 5.61. The first kappa shape index (κ1) is 14.8. The van der Waals surface area contributed by atoms with Crippen molar-refractivity contribution in [3.8, 4) is 23.0 Å². The summed E-state index contributed by atoms with van der Waals surface area (Å²) < 4.78 is 22.2. The van der Waals surface area contributed by atoms with Crippen molar-refractivity contribution < 1.29 is 18.9 Å². The molecule has 1 aromatic rings. The molecule has 0 unspecified atom stereocenters. The lowest BCUT2D eigenvalue weighted by atomic mass is 9.91. The molecule has 1 aromatic carbocycles. The summed E-state index contributed by atoms with van der Waals surface area (Å²) >= 11 is 0. The summed E-state index contributed by atoms with van der Waals surface area (Å²) in [4.78, 5) is 2.29. The van der Waals surface area contributed by atoms with Crippen molar-refractivity contribution in [1.82, 2.24) is 4.90 Å². The smallest absolute Gasteiger partial charge is 0.207 e. The van der Waals surface area contributed by atoms with Crippen LogP contribution in [0.25, 0.3) is 0 Å². The van der Waals surface area contributed by atoms with Crippen LogP contribution >= 0.6 is 0 Å². The molecule has 1 aliphatic heterocycles. The molecule has 0 bridgehead atoms. The van der Waals surface area contributed by atoms with Gasteiger partial charge in [-0.1, -0.05) is 0 Å². The van der Waals surface area contributed by atoms with Gasteiger partial charge >= 0.3 is 0 Å². The molecule has 1 heterocycles. The van der Waals surface area contributed by atoms with Gasteiger partial charge in [0.25, 0.3) is 0 Å². The Bertz CT molecular complexity index is 476. The molecule has 0 aliphatic carbocycles. The summed E-state index contributed by atoms with van der Waals surface area (Å²) in [5.41, 5.74) is 2.27. The fraction of sp³-hybridized carbons (Fsp3) is 0.600. The van der Waals surface area contributed by atoms with E-state index in [1.54, 1.807) is 28.4 Å². The van der Waals surface area contributed by atoms with Crippen LogP contribution in [0.3, 0.4) is 0 Å². The Kier molecular flexibility index (Phi) is 4.28. The summed E-state index contributed by atoms with van der Waals surface area (Å²) in [6.07, 6.45) is 0.899. The van der Waals surface area contributed by atoms with Gasteiger partial charge in [-0.15, -0.1) is 0 Å². The molecule has 0 saturated heterocycles. The Balaban J connectivity index is 2.80. The molecule has 20 heavy (non-hydrogen) atoms. The van der Waals surface area contributed by atoms with Crippen LogP contribution in [0, 0.1) is 0 Å².